The summed E-state index contributed by atoms with van der Waals surface area (Å²) in [4.78, 5) is 15.9. The van der Waals surface area contributed by atoms with Gasteiger partial charge in [-0.05, 0) is 49.4 Å². The maximum Gasteiger partial charge on any atom is 0.338 e. The maximum atomic E-state index is 13.2. The molecule has 0 fully saturated rings. The number of benzene rings is 2. The van der Waals surface area contributed by atoms with Gasteiger partial charge in [-0.1, -0.05) is 11.6 Å². The molecule has 3 aromatic rings. The van der Waals surface area contributed by atoms with Crippen molar-refractivity contribution in [1.29, 1.82) is 0 Å². The molecular formula is C18H15ClFN5O2. The average molecular weight is 388 g/mol. The standard InChI is InChI=1S/C18H15ClFN5O2/c1-2-27-17(26)11-3-5-12(6-4-11)23-18-24-16(10-21-25-18)22-13-7-8-15(20)14(19)9-13/h3-10H,2H2,1H3,(H2,22,23,24,25). The molecule has 0 saturated carbocycles. The second kappa shape index (κ2) is 8.41. The summed E-state index contributed by atoms with van der Waals surface area (Å²) >= 11 is 5.76. The highest BCUT2D eigenvalue weighted by Gasteiger charge is 2.07. The summed E-state index contributed by atoms with van der Waals surface area (Å²) in [6.45, 7) is 2.07. The molecule has 0 saturated heterocycles. The molecule has 7 nitrogen and oxygen atoms in total. The van der Waals surface area contributed by atoms with Crippen LogP contribution in [0.25, 0.3) is 0 Å². The fraction of sp³-hybridized carbons (Fsp3) is 0.111. The van der Waals surface area contributed by atoms with Crippen molar-refractivity contribution in [2.75, 3.05) is 17.2 Å². The molecule has 138 valence electrons. The van der Waals surface area contributed by atoms with Gasteiger partial charge in [-0.3, -0.25) is 0 Å². The molecule has 2 N–H and O–H groups in total. The topological polar surface area (TPSA) is 89.0 Å². The van der Waals surface area contributed by atoms with Crippen LogP contribution >= 0.6 is 11.6 Å². The number of esters is 1. The van der Waals surface area contributed by atoms with Crippen LogP contribution in [0.1, 0.15) is 17.3 Å². The molecule has 0 aliphatic rings. The lowest BCUT2D eigenvalue weighted by molar-refractivity contribution is 0.0526. The summed E-state index contributed by atoms with van der Waals surface area (Å²) in [5, 5.41) is 13.7. The number of aromatic nitrogens is 3. The van der Waals surface area contributed by atoms with E-state index in [9.17, 15) is 9.18 Å². The molecule has 1 heterocycles. The minimum atomic E-state index is -0.503. The van der Waals surface area contributed by atoms with Gasteiger partial charge in [0.2, 0.25) is 5.95 Å². The zero-order valence-corrected chi connectivity index (χ0v) is 15.0. The molecule has 1 aromatic heterocycles. The maximum absolute atomic E-state index is 13.2. The Morgan fingerprint density at radius 3 is 2.59 bits per heavy atom. The Bertz CT molecular complexity index is 953. The highest BCUT2D eigenvalue weighted by Crippen LogP contribution is 2.22. The first-order chi connectivity index (χ1) is 13.0. The third kappa shape index (κ3) is 4.89. The van der Waals surface area contributed by atoms with Crippen molar-refractivity contribution in [2.24, 2.45) is 0 Å². The zero-order chi connectivity index (χ0) is 19.2. The summed E-state index contributed by atoms with van der Waals surface area (Å²) in [5.74, 6) is -0.238. The van der Waals surface area contributed by atoms with Gasteiger partial charge in [0.05, 0.1) is 23.4 Å². The fourth-order valence-corrected chi connectivity index (χ4v) is 2.35. The highest BCUT2D eigenvalue weighted by atomic mass is 35.5. The van der Waals surface area contributed by atoms with Crippen molar-refractivity contribution in [3.8, 4) is 0 Å². The van der Waals surface area contributed by atoms with Crippen molar-refractivity contribution >= 4 is 40.7 Å². The number of carbonyl (C=O) groups excluding carboxylic acids is 1. The minimum Gasteiger partial charge on any atom is -0.462 e. The Morgan fingerprint density at radius 1 is 1.15 bits per heavy atom. The monoisotopic (exact) mass is 387 g/mol. The van der Waals surface area contributed by atoms with Crippen molar-refractivity contribution < 1.29 is 13.9 Å². The summed E-state index contributed by atoms with van der Waals surface area (Å²) < 4.78 is 18.2. The van der Waals surface area contributed by atoms with E-state index in [4.69, 9.17) is 16.3 Å². The van der Waals surface area contributed by atoms with E-state index in [1.54, 1.807) is 31.2 Å². The number of hydrogen-bond acceptors (Lipinski definition) is 7. The van der Waals surface area contributed by atoms with Crippen LogP contribution in [0.5, 0.6) is 0 Å². The second-order valence-corrected chi connectivity index (χ2v) is 5.75. The molecule has 9 heteroatoms. The van der Waals surface area contributed by atoms with E-state index in [-0.39, 0.29) is 16.9 Å². The Morgan fingerprint density at radius 2 is 1.89 bits per heavy atom. The van der Waals surface area contributed by atoms with Gasteiger partial charge in [-0.2, -0.15) is 10.1 Å². The molecule has 0 aliphatic carbocycles. The number of nitrogens with zero attached hydrogens (tertiary/aromatic N) is 3. The normalized spacial score (nSPS) is 10.3. The van der Waals surface area contributed by atoms with Crippen LogP contribution in [0.3, 0.4) is 0 Å². The Balaban J connectivity index is 1.70. The molecule has 27 heavy (non-hydrogen) atoms. The van der Waals surface area contributed by atoms with Crippen molar-refractivity contribution in [3.05, 3.63) is 65.1 Å². The number of rotatable bonds is 6. The van der Waals surface area contributed by atoms with E-state index in [2.05, 4.69) is 25.8 Å². The first kappa shape index (κ1) is 18.5. The Labute approximate surface area is 159 Å². The van der Waals surface area contributed by atoms with Crippen molar-refractivity contribution in [1.82, 2.24) is 15.2 Å². The molecule has 0 amide bonds. The zero-order valence-electron chi connectivity index (χ0n) is 14.2. The second-order valence-electron chi connectivity index (χ2n) is 5.34. The minimum absolute atomic E-state index is 0.00190. The lowest BCUT2D eigenvalue weighted by atomic mass is 10.2. The van der Waals surface area contributed by atoms with Gasteiger partial charge in [-0.25, -0.2) is 9.18 Å². The van der Waals surface area contributed by atoms with E-state index >= 15 is 0 Å². The summed E-state index contributed by atoms with van der Waals surface area (Å²) in [6, 6.07) is 10.9. The predicted octanol–water partition coefficient (Wildman–Crippen LogP) is 4.33. The Hall–Kier alpha value is -3.26. The highest BCUT2D eigenvalue weighted by molar-refractivity contribution is 6.31. The first-order valence-electron chi connectivity index (χ1n) is 8.01. The number of halogens is 2. The van der Waals surface area contributed by atoms with E-state index in [0.717, 1.165) is 0 Å². The fourth-order valence-electron chi connectivity index (χ4n) is 2.17. The quantitative estimate of drug-likeness (QED) is 0.608. The molecule has 0 atom stereocenters. The van der Waals surface area contributed by atoms with E-state index in [0.29, 0.717) is 29.4 Å². The molecular weight excluding hydrogens is 373 g/mol. The van der Waals surface area contributed by atoms with E-state index in [1.165, 1.54) is 24.4 Å². The molecule has 3 rings (SSSR count). The number of carbonyl (C=O) groups is 1. The van der Waals surface area contributed by atoms with Crippen LogP contribution in [0.2, 0.25) is 5.02 Å². The van der Waals surface area contributed by atoms with Crippen molar-refractivity contribution in [2.45, 2.75) is 6.92 Å². The van der Waals surface area contributed by atoms with Gasteiger partial charge in [0.25, 0.3) is 0 Å². The van der Waals surface area contributed by atoms with Crippen molar-refractivity contribution in [3.63, 3.8) is 0 Å². The summed E-state index contributed by atoms with van der Waals surface area (Å²) in [5.41, 5.74) is 1.68. The predicted molar refractivity (Wildman–Crippen MR) is 100 cm³/mol. The average Bonchev–Trinajstić information content (AvgIpc) is 2.66. The van der Waals surface area contributed by atoms with Gasteiger partial charge >= 0.3 is 5.97 Å². The smallest absolute Gasteiger partial charge is 0.338 e. The number of ether oxygens (including phenoxy) is 1. The molecule has 0 bridgehead atoms. The van der Waals surface area contributed by atoms with Gasteiger partial charge in [0.15, 0.2) is 5.82 Å². The molecule has 2 aromatic carbocycles. The summed E-state index contributed by atoms with van der Waals surface area (Å²) in [6.07, 6.45) is 1.42. The third-order valence-corrected chi connectivity index (χ3v) is 3.69. The molecule has 0 aliphatic heterocycles. The van der Waals surface area contributed by atoms with Crippen LogP contribution in [0.15, 0.2) is 48.7 Å². The summed E-state index contributed by atoms with van der Waals surface area (Å²) in [7, 11) is 0. The van der Waals surface area contributed by atoms with E-state index < -0.39 is 5.82 Å². The third-order valence-electron chi connectivity index (χ3n) is 3.40. The molecule has 0 radical (unpaired) electrons. The number of nitrogens with one attached hydrogen (secondary N) is 2. The van der Waals surface area contributed by atoms with Crippen LogP contribution in [-0.4, -0.2) is 27.8 Å². The first-order valence-corrected chi connectivity index (χ1v) is 8.39. The number of hydrogen-bond donors (Lipinski definition) is 2. The SMILES string of the molecule is CCOC(=O)c1ccc(Nc2nncc(Nc3ccc(F)c(Cl)c3)n2)cc1. The van der Waals surface area contributed by atoms with Gasteiger partial charge in [0, 0.05) is 11.4 Å². The van der Waals surface area contributed by atoms with Crippen LogP contribution < -0.4 is 10.6 Å². The van der Waals surface area contributed by atoms with Crippen LogP contribution in [0.4, 0.5) is 27.5 Å². The van der Waals surface area contributed by atoms with Gasteiger partial charge in [-0.15, -0.1) is 5.10 Å². The van der Waals surface area contributed by atoms with E-state index in [1.807, 2.05) is 0 Å². The van der Waals surface area contributed by atoms with Gasteiger partial charge in [0.1, 0.15) is 5.82 Å². The van der Waals surface area contributed by atoms with Crippen LogP contribution in [-0.2, 0) is 4.74 Å². The molecule has 0 unspecified atom stereocenters. The van der Waals surface area contributed by atoms with Gasteiger partial charge < -0.3 is 15.4 Å². The molecule has 0 spiro atoms. The van der Waals surface area contributed by atoms with Crippen LogP contribution in [0, 0.1) is 5.82 Å². The number of anilines is 4. The lowest BCUT2D eigenvalue weighted by Crippen LogP contribution is -2.05. The lowest BCUT2D eigenvalue weighted by Gasteiger charge is -2.08. The Kier molecular flexibility index (Phi) is 5.77. The largest absolute Gasteiger partial charge is 0.462 e.